The number of carbonyl (C=O) groups excluding carboxylic acids is 1. The van der Waals surface area contributed by atoms with Crippen molar-refractivity contribution >= 4 is 6.03 Å². The van der Waals surface area contributed by atoms with Crippen LogP contribution in [0.1, 0.15) is 20.3 Å². The Labute approximate surface area is 113 Å². The third-order valence-electron chi connectivity index (χ3n) is 3.58. The third kappa shape index (κ3) is 3.70. The summed E-state index contributed by atoms with van der Waals surface area (Å²) in [5.41, 5.74) is -0.208. The topological polar surface area (TPSA) is 59.4 Å². The summed E-state index contributed by atoms with van der Waals surface area (Å²) in [6, 6.07) is -0.0110. The lowest BCUT2D eigenvalue weighted by Crippen LogP contribution is -2.54. The van der Waals surface area contributed by atoms with Crippen LogP contribution in [0.5, 0.6) is 0 Å². The molecule has 2 rings (SSSR count). The Kier molecular flexibility index (Phi) is 4.42. The first-order chi connectivity index (χ1) is 9.13. The number of amides is 2. The molecule has 1 saturated heterocycles. The molecule has 1 fully saturated rings. The molecule has 19 heavy (non-hydrogen) atoms. The van der Waals surface area contributed by atoms with E-state index in [2.05, 4.69) is 24.1 Å². The minimum atomic E-state index is -0.208. The smallest absolute Gasteiger partial charge is 0.317 e. The number of hydrogen-bond acceptors (Lipinski definition) is 3. The van der Waals surface area contributed by atoms with E-state index in [1.54, 1.807) is 12.5 Å². The summed E-state index contributed by atoms with van der Waals surface area (Å²) in [4.78, 5) is 17.9. The molecule has 1 aliphatic heterocycles. The highest BCUT2D eigenvalue weighted by molar-refractivity contribution is 5.74. The average Bonchev–Trinajstić information content (AvgIpc) is 2.92. The van der Waals surface area contributed by atoms with E-state index in [-0.39, 0.29) is 11.6 Å². The third-order valence-corrected chi connectivity index (χ3v) is 3.58. The molecule has 2 heterocycles. The van der Waals surface area contributed by atoms with Gasteiger partial charge in [-0.25, -0.2) is 9.78 Å². The van der Waals surface area contributed by atoms with Gasteiger partial charge in [0.25, 0.3) is 0 Å². The number of hydrogen-bond donors (Lipinski definition) is 1. The van der Waals surface area contributed by atoms with Gasteiger partial charge in [0.1, 0.15) is 0 Å². The summed E-state index contributed by atoms with van der Waals surface area (Å²) in [6.07, 6.45) is 6.27. The minimum absolute atomic E-state index is 0.0110. The molecule has 1 aromatic rings. The molecule has 6 nitrogen and oxygen atoms in total. The van der Waals surface area contributed by atoms with Crippen LogP contribution in [0.3, 0.4) is 0 Å². The summed E-state index contributed by atoms with van der Waals surface area (Å²) in [5.74, 6) is 0. The van der Waals surface area contributed by atoms with E-state index in [0.29, 0.717) is 26.2 Å². The van der Waals surface area contributed by atoms with Gasteiger partial charge in [-0.15, -0.1) is 0 Å². The van der Waals surface area contributed by atoms with Crippen LogP contribution in [-0.4, -0.2) is 52.3 Å². The number of ether oxygens (including phenoxy) is 1. The molecule has 1 aliphatic rings. The Morgan fingerprint density at radius 2 is 2.42 bits per heavy atom. The van der Waals surface area contributed by atoms with Crippen LogP contribution < -0.4 is 5.32 Å². The molecular weight excluding hydrogens is 244 g/mol. The molecule has 0 aliphatic carbocycles. The molecule has 0 unspecified atom stereocenters. The summed E-state index contributed by atoms with van der Waals surface area (Å²) in [6.45, 7) is 7.40. The molecule has 1 N–H and O–H groups in total. The zero-order chi connectivity index (χ0) is 13.7. The van der Waals surface area contributed by atoms with Crippen molar-refractivity contribution in [3.05, 3.63) is 18.7 Å². The molecule has 0 bridgehead atoms. The van der Waals surface area contributed by atoms with Crippen LogP contribution in [0, 0.1) is 0 Å². The normalized spacial score (nSPS) is 23.4. The highest BCUT2D eigenvalue weighted by Crippen LogP contribution is 2.20. The Morgan fingerprint density at radius 3 is 3.11 bits per heavy atom. The quantitative estimate of drug-likeness (QED) is 0.887. The summed E-state index contributed by atoms with van der Waals surface area (Å²) >= 11 is 0. The van der Waals surface area contributed by atoms with E-state index in [0.717, 1.165) is 13.0 Å². The number of aromatic nitrogens is 2. The van der Waals surface area contributed by atoms with E-state index < -0.39 is 0 Å². The van der Waals surface area contributed by atoms with Crippen LogP contribution in [-0.2, 0) is 11.3 Å². The molecular formula is C13H22N4O2. The predicted octanol–water partition coefficient (Wildman–Crippen LogP) is 1.09. The minimum Gasteiger partial charge on any atom is -0.372 e. The Hall–Kier alpha value is -1.56. The second kappa shape index (κ2) is 6.06. The van der Waals surface area contributed by atoms with Gasteiger partial charge in [-0.1, -0.05) is 6.92 Å². The largest absolute Gasteiger partial charge is 0.372 e. The van der Waals surface area contributed by atoms with Crippen molar-refractivity contribution in [2.45, 2.75) is 32.4 Å². The molecule has 1 aromatic heterocycles. The first kappa shape index (κ1) is 13.9. The maximum atomic E-state index is 12.1. The van der Waals surface area contributed by atoms with Crippen molar-refractivity contribution in [1.82, 2.24) is 19.8 Å². The Balaban J connectivity index is 1.76. The molecule has 0 radical (unpaired) electrons. The fourth-order valence-electron chi connectivity index (χ4n) is 2.14. The van der Waals surface area contributed by atoms with Gasteiger partial charge >= 0.3 is 6.03 Å². The molecule has 0 aromatic carbocycles. The molecule has 1 atom stereocenters. The van der Waals surface area contributed by atoms with Gasteiger partial charge in [-0.2, -0.15) is 0 Å². The number of urea groups is 1. The van der Waals surface area contributed by atoms with Crippen LogP contribution in [0.25, 0.3) is 0 Å². The maximum absolute atomic E-state index is 12.1. The second-order valence-corrected chi connectivity index (χ2v) is 5.11. The number of imidazole rings is 1. The SMILES string of the molecule is CC[C@@]1(C)CN(C(=O)NCCn2ccnc2)CCO1. The number of carbonyl (C=O) groups is 1. The van der Waals surface area contributed by atoms with Crippen LogP contribution in [0.4, 0.5) is 4.79 Å². The molecule has 106 valence electrons. The molecule has 2 amide bonds. The van der Waals surface area contributed by atoms with Crippen molar-refractivity contribution in [2.24, 2.45) is 0 Å². The first-order valence-electron chi connectivity index (χ1n) is 6.75. The van der Waals surface area contributed by atoms with Gasteiger partial charge in [-0.3, -0.25) is 0 Å². The average molecular weight is 266 g/mol. The number of morpholine rings is 1. The lowest BCUT2D eigenvalue weighted by atomic mass is 10.0. The summed E-state index contributed by atoms with van der Waals surface area (Å²) < 4.78 is 7.66. The first-order valence-corrected chi connectivity index (χ1v) is 6.75. The van der Waals surface area contributed by atoms with Gasteiger partial charge in [0, 0.05) is 32.0 Å². The van der Waals surface area contributed by atoms with Crippen LogP contribution in [0.15, 0.2) is 18.7 Å². The highest BCUT2D eigenvalue weighted by atomic mass is 16.5. The van der Waals surface area contributed by atoms with Crippen LogP contribution >= 0.6 is 0 Å². The number of rotatable bonds is 4. The van der Waals surface area contributed by atoms with Gasteiger partial charge in [0.2, 0.25) is 0 Å². The monoisotopic (exact) mass is 266 g/mol. The van der Waals surface area contributed by atoms with Crippen LogP contribution in [0.2, 0.25) is 0 Å². The fourth-order valence-corrected chi connectivity index (χ4v) is 2.14. The maximum Gasteiger partial charge on any atom is 0.317 e. The van der Waals surface area contributed by atoms with Crippen molar-refractivity contribution in [3.63, 3.8) is 0 Å². The molecule has 6 heteroatoms. The zero-order valence-corrected chi connectivity index (χ0v) is 11.6. The van der Waals surface area contributed by atoms with Crippen molar-refractivity contribution in [3.8, 4) is 0 Å². The van der Waals surface area contributed by atoms with E-state index in [1.807, 2.05) is 15.7 Å². The lowest BCUT2D eigenvalue weighted by Gasteiger charge is -2.39. The molecule has 0 spiro atoms. The van der Waals surface area contributed by atoms with E-state index in [1.165, 1.54) is 0 Å². The van der Waals surface area contributed by atoms with E-state index in [9.17, 15) is 4.79 Å². The van der Waals surface area contributed by atoms with Gasteiger partial charge in [0.05, 0.1) is 25.1 Å². The van der Waals surface area contributed by atoms with Crippen molar-refractivity contribution in [2.75, 3.05) is 26.2 Å². The van der Waals surface area contributed by atoms with E-state index >= 15 is 0 Å². The van der Waals surface area contributed by atoms with Crippen molar-refractivity contribution < 1.29 is 9.53 Å². The highest BCUT2D eigenvalue weighted by Gasteiger charge is 2.32. The standard InChI is InChI=1S/C13H22N4O2/c1-3-13(2)10-17(8-9-19-13)12(18)15-5-7-16-6-4-14-11-16/h4,6,11H,3,5,7-10H2,1-2H3,(H,15,18)/t13-/m0/s1. The lowest BCUT2D eigenvalue weighted by molar-refractivity contribution is -0.0872. The predicted molar refractivity (Wildman–Crippen MR) is 71.8 cm³/mol. The summed E-state index contributed by atoms with van der Waals surface area (Å²) in [5, 5.41) is 2.94. The number of nitrogens with zero attached hydrogens (tertiary/aromatic N) is 3. The summed E-state index contributed by atoms with van der Waals surface area (Å²) in [7, 11) is 0. The fraction of sp³-hybridized carbons (Fsp3) is 0.692. The zero-order valence-electron chi connectivity index (χ0n) is 11.6. The Morgan fingerprint density at radius 1 is 1.58 bits per heavy atom. The molecule has 0 saturated carbocycles. The van der Waals surface area contributed by atoms with E-state index in [4.69, 9.17) is 4.74 Å². The number of nitrogens with one attached hydrogen (secondary N) is 1. The van der Waals surface area contributed by atoms with Gasteiger partial charge < -0.3 is 19.5 Å². The van der Waals surface area contributed by atoms with Crippen molar-refractivity contribution in [1.29, 1.82) is 0 Å². The Bertz CT molecular complexity index is 407. The van der Waals surface area contributed by atoms with Gasteiger partial charge in [0.15, 0.2) is 0 Å². The second-order valence-electron chi connectivity index (χ2n) is 5.11. The van der Waals surface area contributed by atoms with Gasteiger partial charge in [-0.05, 0) is 13.3 Å².